The maximum atomic E-state index is 12.5. The Bertz CT molecular complexity index is 953. The Morgan fingerprint density at radius 2 is 2.04 bits per heavy atom. The number of ether oxygens (including phenoxy) is 2. The lowest BCUT2D eigenvalue weighted by molar-refractivity contribution is 0.0978. The summed E-state index contributed by atoms with van der Waals surface area (Å²) in [5, 5.41) is 9.87. The normalized spacial score (nSPS) is 10.6. The van der Waals surface area contributed by atoms with Gasteiger partial charge in [-0.1, -0.05) is 12.1 Å². The molecule has 0 saturated heterocycles. The van der Waals surface area contributed by atoms with Crippen LogP contribution in [-0.4, -0.2) is 36.3 Å². The first kappa shape index (κ1) is 19.4. The molecule has 6 nitrogen and oxygen atoms in total. The van der Waals surface area contributed by atoms with Gasteiger partial charge in [-0.3, -0.25) is 4.79 Å². The zero-order valence-corrected chi connectivity index (χ0v) is 15.4. The van der Waals surface area contributed by atoms with Crippen molar-refractivity contribution in [1.29, 1.82) is 0 Å². The lowest BCUT2D eigenvalue weighted by Gasteiger charge is -2.08. The van der Waals surface area contributed by atoms with Gasteiger partial charge in [0.2, 0.25) is 5.89 Å². The highest BCUT2D eigenvalue weighted by Crippen LogP contribution is 2.31. The molecule has 1 heterocycles. The number of methoxy groups -OCH3 is 1. The fourth-order valence-electron chi connectivity index (χ4n) is 2.73. The van der Waals surface area contributed by atoms with Crippen molar-refractivity contribution in [2.75, 3.05) is 20.4 Å². The number of Topliss-reactive ketones (excluding diaryl/α,β-unsaturated/α-hetero) is 1. The zero-order valence-electron chi connectivity index (χ0n) is 15.4. The largest absolute Gasteiger partial charge is 0.504 e. The number of aromatic nitrogens is 1. The van der Waals surface area contributed by atoms with E-state index in [0.717, 1.165) is 0 Å². The second kappa shape index (κ2) is 9.03. The summed E-state index contributed by atoms with van der Waals surface area (Å²) in [6.45, 7) is -0.712. The molecule has 0 aliphatic rings. The molecule has 1 aromatic heterocycles. The molecule has 0 saturated carbocycles. The third-order valence-electron chi connectivity index (χ3n) is 4.11. The molecule has 146 valence electrons. The zero-order chi connectivity index (χ0) is 19.9. The predicted octanol–water partition coefficient (Wildman–Crippen LogP) is 4.22. The Morgan fingerprint density at radius 3 is 2.79 bits per heavy atom. The van der Waals surface area contributed by atoms with E-state index in [1.54, 1.807) is 36.4 Å². The third kappa shape index (κ3) is 4.49. The topological polar surface area (TPSA) is 81.8 Å². The number of phenols is 1. The first-order valence-electron chi connectivity index (χ1n) is 8.75. The second-order valence-corrected chi connectivity index (χ2v) is 5.99. The fourth-order valence-corrected chi connectivity index (χ4v) is 2.73. The van der Waals surface area contributed by atoms with E-state index in [1.165, 1.54) is 19.4 Å². The van der Waals surface area contributed by atoms with Gasteiger partial charge in [-0.2, -0.15) is 0 Å². The average molecular weight is 385 g/mol. The van der Waals surface area contributed by atoms with Gasteiger partial charge < -0.3 is 19.0 Å². The molecule has 3 aromatic rings. The molecule has 28 heavy (non-hydrogen) atoms. The third-order valence-corrected chi connectivity index (χ3v) is 4.11. The van der Waals surface area contributed by atoms with Crippen molar-refractivity contribution in [1.82, 2.24) is 4.98 Å². The number of benzene rings is 2. The van der Waals surface area contributed by atoms with Crippen LogP contribution < -0.4 is 9.47 Å². The van der Waals surface area contributed by atoms with Gasteiger partial charge in [-0.05, 0) is 30.3 Å². The summed E-state index contributed by atoms with van der Waals surface area (Å²) in [5.74, 6) is 0.933. The van der Waals surface area contributed by atoms with Crippen LogP contribution in [0.2, 0.25) is 0 Å². The maximum absolute atomic E-state index is 12.5. The molecule has 0 fully saturated rings. The molecule has 0 atom stereocenters. The van der Waals surface area contributed by atoms with Crippen LogP contribution in [0.15, 0.2) is 53.1 Å². The lowest BCUT2D eigenvalue weighted by Crippen LogP contribution is -2.07. The van der Waals surface area contributed by atoms with E-state index in [-0.39, 0.29) is 24.6 Å². The van der Waals surface area contributed by atoms with Crippen molar-refractivity contribution in [3.05, 3.63) is 60.0 Å². The van der Waals surface area contributed by atoms with E-state index in [4.69, 9.17) is 13.9 Å². The summed E-state index contributed by atoms with van der Waals surface area (Å²) in [6, 6.07) is 11.6. The molecule has 0 unspecified atom stereocenters. The molecule has 1 N–H and O–H groups in total. The number of hydrogen-bond donors (Lipinski definition) is 1. The summed E-state index contributed by atoms with van der Waals surface area (Å²) in [5.41, 5.74) is 1.63. The monoisotopic (exact) mass is 385 g/mol. The molecule has 0 radical (unpaired) electrons. The summed E-state index contributed by atoms with van der Waals surface area (Å²) < 4.78 is 28.1. The van der Waals surface area contributed by atoms with Crippen LogP contribution >= 0.6 is 0 Å². The number of carbonyl (C=O) groups is 1. The predicted molar refractivity (Wildman–Crippen MR) is 101 cm³/mol. The molecule has 0 amide bonds. The van der Waals surface area contributed by atoms with Gasteiger partial charge in [-0.15, -0.1) is 0 Å². The molecular weight excluding hydrogens is 365 g/mol. The minimum absolute atomic E-state index is 0.0141. The first-order chi connectivity index (χ1) is 13.6. The van der Waals surface area contributed by atoms with Crippen LogP contribution in [0.3, 0.4) is 0 Å². The summed E-state index contributed by atoms with van der Waals surface area (Å²) in [7, 11) is 1.47. The number of alkyl halides is 1. The van der Waals surface area contributed by atoms with Crippen molar-refractivity contribution in [2.24, 2.45) is 0 Å². The van der Waals surface area contributed by atoms with Crippen LogP contribution in [0.4, 0.5) is 4.39 Å². The number of carbonyl (C=O) groups excluding carboxylic acids is 1. The Kier molecular flexibility index (Phi) is 6.26. The van der Waals surface area contributed by atoms with E-state index in [0.29, 0.717) is 40.6 Å². The number of nitrogens with zero attached hydrogens (tertiary/aromatic N) is 1. The number of rotatable bonds is 9. The van der Waals surface area contributed by atoms with E-state index in [2.05, 4.69) is 4.98 Å². The number of phenolic OH excluding ortho intramolecular Hbond substituents is 1. The molecule has 0 aliphatic carbocycles. The molecule has 2 aromatic carbocycles. The summed E-state index contributed by atoms with van der Waals surface area (Å²) in [6.07, 6.45) is 2.06. The van der Waals surface area contributed by atoms with Crippen LogP contribution in [0.25, 0.3) is 11.5 Å². The first-order valence-corrected chi connectivity index (χ1v) is 8.75. The quantitative estimate of drug-likeness (QED) is 0.556. The average Bonchev–Trinajstić information content (AvgIpc) is 3.19. The number of halogens is 1. The van der Waals surface area contributed by atoms with Crippen molar-refractivity contribution in [3.63, 3.8) is 0 Å². The number of hydrogen-bond acceptors (Lipinski definition) is 6. The fraction of sp³-hybridized carbons (Fsp3) is 0.238. The number of aryl methyl sites for hydroxylation is 1. The van der Waals surface area contributed by atoms with Gasteiger partial charge in [-0.25, -0.2) is 9.37 Å². The standard InChI is InChI=1S/C21H20FNO5/c1-26-20-9-6-14(12-18(20)25)21-23-15(13-28-21)7-8-17(24)16-4-2-3-5-19(16)27-11-10-22/h2-6,9,12-13,25H,7-8,10-11H2,1H3. The molecule has 3 rings (SSSR count). The van der Waals surface area contributed by atoms with Crippen LogP contribution in [0.1, 0.15) is 22.5 Å². The molecular formula is C21H20FNO5. The van der Waals surface area contributed by atoms with E-state index < -0.39 is 6.67 Å². The van der Waals surface area contributed by atoms with Crippen molar-refractivity contribution < 1.29 is 28.2 Å². The number of para-hydroxylation sites is 1. The van der Waals surface area contributed by atoms with Gasteiger partial charge in [0, 0.05) is 18.4 Å². The smallest absolute Gasteiger partial charge is 0.226 e. The highest BCUT2D eigenvalue weighted by molar-refractivity contribution is 5.98. The summed E-state index contributed by atoms with van der Waals surface area (Å²) in [4.78, 5) is 16.9. The molecule has 0 aliphatic heterocycles. The molecule has 0 spiro atoms. The molecule has 7 heteroatoms. The Hall–Kier alpha value is -3.35. The van der Waals surface area contributed by atoms with E-state index in [9.17, 15) is 14.3 Å². The highest BCUT2D eigenvalue weighted by Gasteiger charge is 2.15. The summed E-state index contributed by atoms with van der Waals surface area (Å²) >= 11 is 0. The Morgan fingerprint density at radius 1 is 1.21 bits per heavy atom. The van der Waals surface area contributed by atoms with Gasteiger partial charge in [0.05, 0.1) is 18.4 Å². The minimum atomic E-state index is -0.620. The van der Waals surface area contributed by atoms with Gasteiger partial charge >= 0.3 is 0 Å². The number of oxazole rings is 1. The lowest BCUT2D eigenvalue weighted by atomic mass is 10.0. The van der Waals surface area contributed by atoms with Crippen LogP contribution in [-0.2, 0) is 6.42 Å². The van der Waals surface area contributed by atoms with Crippen molar-refractivity contribution >= 4 is 5.78 Å². The Labute approximate surface area is 161 Å². The SMILES string of the molecule is COc1ccc(-c2nc(CCC(=O)c3ccccc3OCCF)co2)cc1O. The van der Waals surface area contributed by atoms with Gasteiger partial charge in [0.25, 0.3) is 0 Å². The van der Waals surface area contributed by atoms with Crippen LogP contribution in [0, 0.1) is 0 Å². The van der Waals surface area contributed by atoms with E-state index in [1.807, 2.05) is 0 Å². The Balaban J connectivity index is 1.66. The number of aromatic hydroxyl groups is 1. The van der Waals surface area contributed by atoms with Crippen molar-refractivity contribution in [3.8, 4) is 28.7 Å². The molecule has 0 bridgehead atoms. The minimum Gasteiger partial charge on any atom is -0.504 e. The van der Waals surface area contributed by atoms with E-state index >= 15 is 0 Å². The maximum Gasteiger partial charge on any atom is 0.226 e. The number of ketones is 1. The van der Waals surface area contributed by atoms with Gasteiger partial charge in [0.15, 0.2) is 17.3 Å². The second-order valence-electron chi connectivity index (χ2n) is 5.99. The van der Waals surface area contributed by atoms with Crippen LogP contribution in [0.5, 0.6) is 17.2 Å². The van der Waals surface area contributed by atoms with Gasteiger partial charge in [0.1, 0.15) is 25.3 Å². The highest BCUT2D eigenvalue weighted by atomic mass is 19.1. The van der Waals surface area contributed by atoms with Crippen molar-refractivity contribution in [2.45, 2.75) is 12.8 Å².